The number of alkyl halides is 3. The van der Waals surface area contributed by atoms with Crippen LogP contribution < -0.4 is 5.73 Å². The van der Waals surface area contributed by atoms with Gasteiger partial charge in [0.2, 0.25) is 0 Å². The van der Waals surface area contributed by atoms with Gasteiger partial charge in [-0.15, -0.1) is 0 Å². The summed E-state index contributed by atoms with van der Waals surface area (Å²) >= 11 is 14.4. The second-order valence-corrected chi connectivity index (χ2v) is 3.02. The van der Waals surface area contributed by atoms with Crippen LogP contribution in [0, 0.1) is 0 Å². The van der Waals surface area contributed by atoms with E-state index in [1.807, 2.05) is 0 Å². The van der Waals surface area contributed by atoms with Crippen molar-refractivity contribution in [2.45, 2.75) is 17.6 Å². The standard InChI is InChI=1S/C3H9N.CHCl3/c1-2-3-4;2-1(3)4/h2-4H2,1H3;1H. The van der Waals surface area contributed by atoms with Crippen LogP contribution in [0.25, 0.3) is 0 Å². The van der Waals surface area contributed by atoms with Gasteiger partial charge in [0.25, 0.3) is 0 Å². The van der Waals surface area contributed by atoms with Crippen molar-refractivity contribution in [3.8, 4) is 0 Å². The molecule has 0 rings (SSSR count). The summed E-state index contributed by atoms with van der Waals surface area (Å²) in [6.45, 7) is 2.88. The Morgan fingerprint density at radius 3 is 1.50 bits per heavy atom. The van der Waals surface area contributed by atoms with E-state index in [0.29, 0.717) is 0 Å². The van der Waals surface area contributed by atoms with Gasteiger partial charge in [-0.05, 0) is 13.0 Å². The van der Waals surface area contributed by atoms with Crippen LogP contribution in [-0.2, 0) is 0 Å². The molecule has 8 heavy (non-hydrogen) atoms. The molecule has 0 spiro atoms. The summed E-state index contributed by atoms with van der Waals surface area (Å²) in [5.74, 6) is 0. The summed E-state index contributed by atoms with van der Waals surface area (Å²) in [5.41, 5.74) is 5.03. The predicted molar refractivity (Wildman–Crippen MR) is 40.7 cm³/mol. The maximum absolute atomic E-state index is 5.03. The zero-order valence-electron chi connectivity index (χ0n) is 4.70. The van der Waals surface area contributed by atoms with E-state index in [2.05, 4.69) is 6.92 Å². The Kier molecular flexibility index (Phi) is 15.6. The topological polar surface area (TPSA) is 26.0 Å². The highest BCUT2D eigenvalue weighted by molar-refractivity contribution is 6.63. The van der Waals surface area contributed by atoms with Gasteiger partial charge in [0.1, 0.15) is 0 Å². The molecule has 1 nitrogen and oxygen atoms in total. The maximum Gasteiger partial charge on any atom is 0.180 e. The van der Waals surface area contributed by atoms with Crippen molar-refractivity contribution in [1.29, 1.82) is 0 Å². The fraction of sp³-hybridized carbons (Fsp3) is 1.00. The van der Waals surface area contributed by atoms with E-state index in [4.69, 9.17) is 40.5 Å². The minimum absolute atomic E-state index is 0.750. The normalized spacial score (nSPS) is 8.25. The SMILES string of the molecule is CCCN.ClC(Cl)Cl. The van der Waals surface area contributed by atoms with E-state index in [0.717, 1.165) is 13.0 Å². The Morgan fingerprint density at radius 2 is 1.50 bits per heavy atom. The van der Waals surface area contributed by atoms with Crippen LogP contribution in [-0.4, -0.2) is 10.8 Å². The lowest BCUT2D eigenvalue weighted by Crippen LogP contribution is -1.93. The van der Waals surface area contributed by atoms with Gasteiger partial charge in [-0.25, -0.2) is 0 Å². The highest BCUT2D eigenvalue weighted by Crippen LogP contribution is 2.03. The Labute approximate surface area is 65.1 Å². The first-order valence-electron chi connectivity index (χ1n) is 2.27. The smallest absolute Gasteiger partial charge is 0.180 e. The number of hydrogen-bond acceptors (Lipinski definition) is 1. The van der Waals surface area contributed by atoms with Crippen LogP contribution in [0.15, 0.2) is 0 Å². The number of halogens is 3. The van der Waals surface area contributed by atoms with E-state index >= 15 is 0 Å². The van der Waals surface area contributed by atoms with Gasteiger partial charge < -0.3 is 5.73 Å². The average molecular weight is 178 g/mol. The van der Waals surface area contributed by atoms with Gasteiger partial charge >= 0.3 is 0 Å². The van der Waals surface area contributed by atoms with Gasteiger partial charge in [-0.1, -0.05) is 41.7 Å². The van der Waals surface area contributed by atoms with E-state index in [1.165, 1.54) is 0 Å². The van der Waals surface area contributed by atoms with Crippen LogP contribution in [0.3, 0.4) is 0 Å². The third-order valence-corrected chi connectivity index (χ3v) is 0.289. The van der Waals surface area contributed by atoms with E-state index in [9.17, 15) is 0 Å². The zero-order chi connectivity index (χ0) is 6.99. The minimum Gasteiger partial charge on any atom is -0.330 e. The first-order chi connectivity index (χ1) is 3.65. The Balaban J connectivity index is 0. The summed E-state index contributed by atoms with van der Waals surface area (Å²) < 4.78 is -0.750. The van der Waals surface area contributed by atoms with Crippen LogP contribution in [0.5, 0.6) is 0 Å². The number of rotatable bonds is 1. The van der Waals surface area contributed by atoms with Crippen LogP contribution in [0.2, 0.25) is 0 Å². The summed E-state index contributed by atoms with van der Waals surface area (Å²) in [6, 6.07) is 0. The number of hydrogen-bond donors (Lipinski definition) is 1. The quantitative estimate of drug-likeness (QED) is 0.613. The van der Waals surface area contributed by atoms with Crippen molar-refractivity contribution in [3.05, 3.63) is 0 Å². The van der Waals surface area contributed by atoms with E-state index in [-0.39, 0.29) is 0 Å². The molecular weight excluding hydrogens is 168 g/mol. The van der Waals surface area contributed by atoms with Crippen molar-refractivity contribution in [2.24, 2.45) is 5.73 Å². The molecule has 0 atom stereocenters. The van der Waals surface area contributed by atoms with Crippen LogP contribution >= 0.6 is 34.8 Å². The van der Waals surface area contributed by atoms with Crippen molar-refractivity contribution < 1.29 is 0 Å². The molecular formula is C4H10Cl3N. The van der Waals surface area contributed by atoms with Gasteiger partial charge in [-0.2, -0.15) is 0 Å². The van der Waals surface area contributed by atoms with E-state index in [1.54, 1.807) is 0 Å². The lowest BCUT2D eigenvalue weighted by Gasteiger charge is -1.70. The van der Waals surface area contributed by atoms with Crippen molar-refractivity contribution in [2.75, 3.05) is 6.54 Å². The molecule has 0 bridgehead atoms. The molecule has 0 aliphatic carbocycles. The van der Waals surface area contributed by atoms with Gasteiger partial charge in [0.05, 0.1) is 0 Å². The lowest BCUT2D eigenvalue weighted by atomic mass is 10.5. The molecule has 52 valence electrons. The molecule has 4 heteroatoms. The molecule has 0 radical (unpaired) electrons. The molecule has 0 heterocycles. The lowest BCUT2D eigenvalue weighted by molar-refractivity contribution is 0.932. The molecule has 2 N–H and O–H groups in total. The van der Waals surface area contributed by atoms with Crippen LogP contribution in [0.4, 0.5) is 0 Å². The molecule has 0 aromatic carbocycles. The molecule has 0 fully saturated rings. The Morgan fingerprint density at radius 1 is 1.38 bits per heavy atom. The average Bonchev–Trinajstić information content (AvgIpc) is 1.65. The molecule has 0 saturated heterocycles. The minimum atomic E-state index is -0.750. The molecule has 0 aromatic rings. The molecule has 0 aliphatic heterocycles. The van der Waals surface area contributed by atoms with Gasteiger partial charge in [-0.3, -0.25) is 0 Å². The first-order valence-corrected chi connectivity index (χ1v) is 3.58. The van der Waals surface area contributed by atoms with Gasteiger partial charge in [0, 0.05) is 0 Å². The van der Waals surface area contributed by atoms with Crippen molar-refractivity contribution in [3.63, 3.8) is 0 Å². The summed E-state index contributed by atoms with van der Waals surface area (Å²) in [7, 11) is 0. The van der Waals surface area contributed by atoms with Crippen molar-refractivity contribution >= 4 is 34.8 Å². The molecule has 0 unspecified atom stereocenters. The molecule has 0 saturated carbocycles. The highest BCUT2D eigenvalue weighted by Gasteiger charge is 1.78. The van der Waals surface area contributed by atoms with Crippen LogP contribution in [0.1, 0.15) is 13.3 Å². The van der Waals surface area contributed by atoms with Crippen molar-refractivity contribution in [1.82, 2.24) is 0 Å². The monoisotopic (exact) mass is 177 g/mol. The second-order valence-electron chi connectivity index (χ2n) is 1.04. The summed E-state index contributed by atoms with van der Waals surface area (Å²) in [6.07, 6.45) is 1.10. The fourth-order valence-electron chi connectivity index (χ4n) is 0. The van der Waals surface area contributed by atoms with E-state index < -0.39 is 4.30 Å². The fourth-order valence-corrected chi connectivity index (χ4v) is 0. The summed E-state index contributed by atoms with van der Waals surface area (Å²) in [5, 5.41) is 0. The summed E-state index contributed by atoms with van der Waals surface area (Å²) in [4.78, 5) is 0. The Bertz CT molecular complexity index is 27.7. The highest BCUT2D eigenvalue weighted by atomic mass is 35.6. The predicted octanol–water partition coefficient (Wildman–Crippen LogP) is 2.34. The third-order valence-electron chi connectivity index (χ3n) is 0.289. The number of nitrogens with two attached hydrogens (primary N) is 1. The molecule has 0 aliphatic rings. The third kappa shape index (κ3) is 69.3. The maximum atomic E-state index is 5.03. The largest absolute Gasteiger partial charge is 0.330 e. The molecule has 0 amide bonds. The van der Waals surface area contributed by atoms with Gasteiger partial charge in [0.15, 0.2) is 4.30 Å². The molecule has 0 aromatic heterocycles. The zero-order valence-corrected chi connectivity index (χ0v) is 6.97. The second kappa shape index (κ2) is 10.7. The first kappa shape index (κ1) is 11.6. The Hall–Kier alpha value is 0.830.